The van der Waals surface area contributed by atoms with Crippen LogP contribution in [0.4, 0.5) is 4.39 Å². The lowest BCUT2D eigenvalue weighted by molar-refractivity contribution is 0.0749. The van der Waals surface area contributed by atoms with Crippen LogP contribution < -0.4 is 0 Å². The van der Waals surface area contributed by atoms with Gasteiger partial charge in [0.15, 0.2) is 0 Å². The fourth-order valence-electron chi connectivity index (χ4n) is 2.16. The van der Waals surface area contributed by atoms with Gasteiger partial charge in [-0.3, -0.25) is 4.79 Å². The molecule has 0 fully saturated rings. The van der Waals surface area contributed by atoms with Crippen molar-refractivity contribution in [1.29, 1.82) is 0 Å². The maximum atomic E-state index is 13.3. The van der Waals surface area contributed by atoms with Gasteiger partial charge in [0, 0.05) is 13.1 Å². The van der Waals surface area contributed by atoms with E-state index in [1.54, 1.807) is 4.90 Å². The summed E-state index contributed by atoms with van der Waals surface area (Å²) in [5.41, 5.74) is 0.157. The molecule has 0 radical (unpaired) electrons. The number of pyridine rings is 1. The Balaban J connectivity index is 2.79. The summed E-state index contributed by atoms with van der Waals surface area (Å²) in [6.45, 7) is 5.61. The topological polar surface area (TPSA) is 33.2 Å². The van der Waals surface area contributed by atoms with Gasteiger partial charge in [-0.25, -0.2) is 9.37 Å². The first-order chi connectivity index (χ1) is 10.1. The van der Waals surface area contributed by atoms with Gasteiger partial charge in [-0.15, -0.1) is 0 Å². The number of carbonyl (C=O) groups excluding carboxylic acids is 1. The van der Waals surface area contributed by atoms with E-state index in [4.69, 9.17) is 11.6 Å². The summed E-state index contributed by atoms with van der Waals surface area (Å²) in [4.78, 5) is 18.0. The Bertz CT molecular complexity index is 444. The zero-order chi connectivity index (χ0) is 15.7. The summed E-state index contributed by atoms with van der Waals surface area (Å²) in [7, 11) is 0. The van der Waals surface area contributed by atoms with Crippen molar-refractivity contribution in [3.05, 3.63) is 28.8 Å². The molecule has 5 heteroatoms. The van der Waals surface area contributed by atoms with E-state index in [2.05, 4.69) is 18.8 Å². The van der Waals surface area contributed by atoms with Crippen LogP contribution in [0.25, 0.3) is 0 Å². The molecule has 118 valence electrons. The molecule has 0 aliphatic rings. The van der Waals surface area contributed by atoms with Crippen molar-refractivity contribution in [2.75, 3.05) is 13.1 Å². The molecule has 0 aliphatic heterocycles. The minimum absolute atomic E-state index is 0.0670. The molecule has 0 saturated carbocycles. The van der Waals surface area contributed by atoms with Crippen molar-refractivity contribution < 1.29 is 9.18 Å². The Kier molecular flexibility index (Phi) is 8.28. The Morgan fingerprint density at radius 3 is 2.29 bits per heavy atom. The molecule has 1 amide bonds. The average Bonchev–Trinajstić information content (AvgIpc) is 2.48. The van der Waals surface area contributed by atoms with Gasteiger partial charge in [0.1, 0.15) is 11.0 Å². The fraction of sp³-hybridized carbons (Fsp3) is 0.625. The monoisotopic (exact) mass is 314 g/mol. The molecule has 21 heavy (non-hydrogen) atoms. The SMILES string of the molecule is CCCCCN(CCCCC)C(=O)c1cc(F)cnc1Cl. The van der Waals surface area contributed by atoms with E-state index < -0.39 is 5.82 Å². The van der Waals surface area contributed by atoms with Crippen molar-refractivity contribution in [3.8, 4) is 0 Å². The van der Waals surface area contributed by atoms with Gasteiger partial charge in [-0.05, 0) is 18.9 Å². The molecule has 3 nitrogen and oxygen atoms in total. The van der Waals surface area contributed by atoms with Crippen LogP contribution in [0.5, 0.6) is 0 Å². The van der Waals surface area contributed by atoms with E-state index in [1.807, 2.05) is 0 Å². The van der Waals surface area contributed by atoms with Gasteiger partial charge in [0.2, 0.25) is 0 Å². The highest BCUT2D eigenvalue weighted by atomic mass is 35.5. The fourth-order valence-corrected chi connectivity index (χ4v) is 2.35. The second-order valence-electron chi connectivity index (χ2n) is 5.20. The molecule has 1 aromatic heterocycles. The van der Waals surface area contributed by atoms with Crippen molar-refractivity contribution in [2.45, 2.75) is 52.4 Å². The minimum Gasteiger partial charge on any atom is -0.339 e. The third kappa shape index (κ3) is 6.00. The van der Waals surface area contributed by atoms with E-state index >= 15 is 0 Å². The van der Waals surface area contributed by atoms with Crippen molar-refractivity contribution in [1.82, 2.24) is 9.88 Å². The molecule has 1 heterocycles. The summed E-state index contributed by atoms with van der Waals surface area (Å²) >= 11 is 5.93. The van der Waals surface area contributed by atoms with Gasteiger partial charge in [-0.2, -0.15) is 0 Å². The first-order valence-electron chi connectivity index (χ1n) is 7.70. The Morgan fingerprint density at radius 2 is 1.76 bits per heavy atom. The molecular formula is C16H24ClFN2O. The number of carbonyl (C=O) groups is 1. The molecule has 1 rings (SSSR count). The number of halogens is 2. The third-order valence-electron chi connectivity index (χ3n) is 3.39. The predicted octanol–water partition coefficient (Wildman–Crippen LogP) is 4.70. The number of nitrogens with zero attached hydrogens (tertiary/aromatic N) is 2. The number of amides is 1. The van der Waals surface area contributed by atoms with Crippen molar-refractivity contribution in [2.24, 2.45) is 0 Å². The van der Waals surface area contributed by atoms with E-state index in [1.165, 1.54) is 6.07 Å². The van der Waals surface area contributed by atoms with E-state index in [9.17, 15) is 9.18 Å². The van der Waals surface area contributed by atoms with Gasteiger partial charge < -0.3 is 4.90 Å². The molecule has 0 bridgehead atoms. The van der Waals surface area contributed by atoms with Crippen LogP contribution >= 0.6 is 11.6 Å². The van der Waals surface area contributed by atoms with Gasteiger partial charge in [0.05, 0.1) is 11.8 Å². The minimum atomic E-state index is -0.537. The van der Waals surface area contributed by atoms with E-state index in [-0.39, 0.29) is 16.6 Å². The number of rotatable bonds is 9. The first kappa shape index (κ1) is 17.9. The standard InChI is InChI=1S/C16H24ClFN2O/c1-3-5-7-9-20(10-8-6-4-2)16(21)14-11-13(18)12-19-15(14)17/h11-12H,3-10H2,1-2H3. The Hall–Kier alpha value is -1.16. The van der Waals surface area contributed by atoms with Crippen LogP contribution in [0.15, 0.2) is 12.3 Å². The van der Waals surface area contributed by atoms with Crippen molar-refractivity contribution >= 4 is 17.5 Å². The molecule has 0 N–H and O–H groups in total. The highest BCUT2D eigenvalue weighted by Crippen LogP contribution is 2.17. The first-order valence-corrected chi connectivity index (χ1v) is 8.08. The molecule has 0 atom stereocenters. The number of unbranched alkanes of at least 4 members (excludes halogenated alkanes) is 4. The molecule has 1 aromatic rings. The summed E-state index contributed by atoms with van der Waals surface area (Å²) in [5.74, 6) is -0.760. The smallest absolute Gasteiger partial charge is 0.257 e. The largest absolute Gasteiger partial charge is 0.339 e. The lowest BCUT2D eigenvalue weighted by Crippen LogP contribution is -2.33. The predicted molar refractivity (Wildman–Crippen MR) is 84.2 cm³/mol. The van der Waals surface area contributed by atoms with Crippen LogP contribution in [0.1, 0.15) is 62.7 Å². The lowest BCUT2D eigenvalue weighted by atomic mass is 10.2. The second kappa shape index (κ2) is 9.72. The van der Waals surface area contributed by atoms with Crippen LogP contribution in [0.2, 0.25) is 5.15 Å². The quantitative estimate of drug-likeness (QED) is 0.489. The van der Waals surface area contributed by atoms with Gasteiger partial charge in [0.25, 0.3) is 5.91 Å². The van der Waals surface area contributed by atoms with Gasteiger partial charge in [-0.1, -0.05) is 51.1 Å². The van der Waals surface area contributed by atoms with Crippen LogP contribution in [-0.4, -0.2) is 28.9 Å². The molecule has 0 unspecified atom stereocenters. The molecule has 0 spiro atoms. The number of hydrogen-bond donors (Lipinski definition) is 0. The maximum absolute atomic E-state index is 13.3. The van der Waals surface area contributed by atoms with Crippen LogP contribution in [0, 0.1) is 5.82 Å². The molecule has 0 aromatic carbocycles. The highest BCUT2D eigenvalue weighted by molar-refractivity contribution is 6.32. The van der Waals surface area contributed by atoms with Gasteiger partial charge >= 0.3 is 0 Å². The number of hydrogen-bond acceptors (Lipinski definition) is 2. The summed E-state index contributed by atoms with van der Waals surface area (Å²) < 4.78 is 13.3. The number of aromatic nitrogens is 1. The normalized spacial score (nSPS) is 10.7. The molecule has 0 aliphatic carbocycles. The summed E-state index contributed by atoms with van der Waals surface area (Å²) in [6.07, 6.45) is 7.28. The average molecular weight is 315 g/mol. The lowest BCUT2D eigenvalue weighted by Gasteiger charge is -2.23. The maximum Gasteiger partial charge on any atom is 0.257 e. The van der Waals surface area contributed by atoms with Crippen LogP contribution in [-0.2, 0) is 0 Å². The zero-order valence-electron chi connectivity index (χ0n) is 12.9. The molecular weight excluding hydrogens is 291 g/mol. The third-order valence-corrected chi connectivity index (χ3v) is 3.69. The summed E-state index contributed by atoms with van der Waals surface area (Å²) in [6, 6.07) is 1.17. The van der Waals surface area contributed by atoms with Crippen molar-refractivity contribution in [3.63, 3.8) is 0 Å². The Morgan fingerprint density at radius 1 is 1.19 bits per heavy atom. The zero-order valence-corrected chi connectivity index (χ0v) is 13.6. The Labute approximate surface area is 131 Å². The highest BCUT2D eigenvalue weighted by Gasteiger charge is 2.19. The van der Waals surface area contributed by atoms with E-state index in [0.29, 0.717) is 13.1 Å². The molecule has 0 saturated heterocycles. The van der Waals surface area contributed by atoms with E-state index in [0.717, 1.165) is 44.7 Å². The summed E-state index contributed by atoms with van der Waals surface area (Å²) in [5, 5.41) is 0.0670. The van der Waals surface area contributed by atoms with Crippen LogP contribution in [0.3, 0.4) is 0 Å². The second-order valence-corrected chi connectivity index (χ2v) is 5.56.